The summed E-state index contributed by atoms with van der Waals surface area (Å²) in [6.45, 7) is 0. The molecule has 0 N–H and O–H groups in total. The van der Waals surface area contributed by atoms with E-state index in [1.807, 2.05) is 0 Å². The van der Waals surface area contributed by atoms with E-state index in [0.29, 0.717) is 11.8 Å². The lowest BCUT2D eigenvalue weighted by Gasteiger charge is -2.36. The first-order valence-corrected chi connectivity index (χ1v) is 28.6. The Bertz CT molecular complexity index is 4410. The monoisotopic (exact) mass is 1020 g/mol. The van der Waals surface area contributed by atoms with Crippen molar-refractivity contribution in [3.05, 3.63) is 276 Å². The molecule has 16 rings (SSSR count). The van der Waals surface area contributed by atoms with Crippen molar-refractivity contribution >= 4 is 88.8 Å². The van der Waals surface area contributed by atoms with Crippen molar-refractivity contribution in [1.82, 2.24) is 0 Å². The minimum Gasteiger partial charge on any atom is -0.454 e. The van der Waals surface area contributed by atoms with E-state index in [0.717, 1.165) is 72.6 Å². The van der Waals surface area contributed by atoms with Gasteiger partial charge in [0, 0.05) is 44.0 Å². The highest BCUT2D eigenvalue weighted by molar-refractivity contribution is 6.16. The van der Waals surface area contributed by atoms with Crippen molar-refractivity contribution in [3.63, 3.8) is 0 Å². The number of nitrogens with zero attached hydrogens (tertiary/aromatic N) is 2. The number of anilines is 6. The third-order valence-electron chi connectivity index (χ3n) is 18.2. The van der Waals surface area contributed by atoms with E-state index in [1.54, 1.807) is 0 Å². The minimum absolute atomic E-state index is 0.512. The fourth-order valence-corrected chi connectivity index (χ4v) is 14.7. The zero-order chi connectivity index (χ0) is 52.0. The molecule has 2 saturated carbocycles. The van der Waals surface area contributed by atoms with Crippen LogP contribution in [0.15, 0.2) is 251 Å². The van der Waals surface area contributed by atoms with Crippen LogP contribution in [0.3, 0.4) is 0 Å². The number of para-hydroxylation sites is 6. The second-order valence-electron chi connectivity index (χ2n) is 22.3. The number of hydrogen-bond acceptors (Lipinski definition) is 4. The quantitative estimate of drug-likeness (QED) is 0.137. The van der Waals surface area contributed by atoms with Crippen LogP contribution in [0, 0.1) is 0 Å². The van der Waals surface area contributed by atoms with Crippen molar-refractivity contribution < 1.29 is 8.83 Å². The first kappa shape index (κ1) is 46.0. The Labute approximate surface area is 460 Å². The van der Waals surface area contributed by atoms with Crippen molar-refractivity contribution in [2.24, 2.45) is 0 Å². The van der Waals surface area contributed by atoms with Gasteiger partial charge in [0.1, 0.15) is 11.2 Å². The molecule has 0 aliphatic heterocycles. The van der Waals surface area contributed by atoms with Gasteiger partial charge in [0.15, 0.2) is 11.2 Å². The molecule has 0 radical (unpaired) electrons. The third kappa shape index (κ3) is 7.06. The van der Waals surface area contributed by atoms with E-state index < -0.39 is 5.41 Å². The van der Waals surface area contributed by atoms with Gasteiger partial charge in [-0.1, -0.05) is 214 Å². The van der Waals surface area contributed by atoms with Gasteiger partial charge in [0.2, 0.25) is 0 Å². The Morgan fingerprint density at radius 3 is 1.28 bits per heavy atom. The van der Waals surface area contributed by atoms with Gasteiger partial charge in [-0.2, -0.15) is 0 Å². The van der Waals surface area contributed by atoms with Crippen molar-refractivity contribution in [2.45, 2.75) is 68.6 Å². The molecule has 3 aliphatic rings. The first-order chi connectivity index (χ1) is 39.2. The van der Waals surface area contributed by atoms with Gasteiger partial charge < -0.3 is 18.6 Å². The SMILES string of the molecule is c1ccc(N(c2ccc3c(c2)C(c2ccccc2)(c2ccccc2)c2cc(N(c4ccccc4)c4cccc5c4oc4c(C6CCCC6)cccc45)c4ccccc4c2-3)c2cccc3c2oc2c(C4CCCC4)cccc23)cc1. The molecule has 11 aromatic carbocycles. The van der Waals surface area contributed by atoms with E-state index in [2.05, 4.69) is 252 Å². The fraction of sp³-hybridized carbons (Fsp3) is 0.147. The molecule has 380 valence electrons. The Hall–Kier alpha value is -9.12. The summed E-state index contributed by atoms with van der Waals surface area (Å²) in [6.07, 6.45) is 9.91. The summed E-state index contributed by atoms with van der Waals surface area (Å²) in [5.74, 6) is 1.03. The molecule has 3 aliphatic carbocycles. The molecule has 0 unspecified atom stereocenters. The van der Waals surface area contributed by atoms with Crippen LogP contribution in [-0.4, -0.2) is 0 Å². The summed E-state index contributed by atoms with van der Waals surface area (Å²) in [5.41, 5.74) is 19.4. The summed E-state index contributed by atoms with van der Waals surface area (Å²) in [6, 6.07) is 90.1. The molecule has 0 saturated heterocycles. The van der Waals surface area contributed by atoms with Crippen LogP contribution in [0.25, 0.3) is 65.8 Å². The summed E-state index contributed by atoms with van der Waals surface area (Å²) in [5, 5.41) is 7.00. The lowest BCUT2D eigenvalue weighted by Crippen LogP contribution is -2.29. The summed E-state index contributed by atoms with van der Waals surface area (Å²) >= 11 is 0. The summed E-state index contributed by atoms with van der Waals surface area (Å²) in [4.78, 5) is 4.90. The molecular formula is C75H58N2O2. The molecular weight excluding hydrogens is 961 g/mol. The van der Waals surface area contributed by atoms with Crippen molar-refractivity contribution in [1.29, 1.82) is 0 Å². The second kappa shape index (κ2) is 18.5. The largest absolute Gasteiger partial charge is 0.454 e. The van der Waals surface area contributed by atoms with Crippen LogP contribution >= 0.6 is 0 Å². The predicted molar refractivity (Wildman–Crippen MR) is 328 cm³/mol. The maximum Gasteiger partial charge on any atom is 0.159 e. The fourth-order valence-electron chi connectivity index (χ4n) is 14.7. The molecule has 2 fully saturated rings. The van der Waals surface area contributed by atoms with Crippen LogP contribution in [0.1, 0.15) is 96.6 Å². The Morgan fingerprint density at radius 2 is 0.747 bits per heavy atom. The highest BCUT2D eigenvalue weighted by Crippen LogP contribution is 2.61. The van der Waals surface area contributed by atoms with E-state index in [-0.39, 0.29) is 0 Å². The molecule has 0 amide bonds. The highest BCUT2D eigenvalue weighted by atomic mass is 16.3. The van der Waals surface area contributed by atoms with Crippen LogP contribution in [0.5, 0.6) is 0 Å². The van der Waals surface area contributed by atoms with E-state index in [4.69, 9.17) is 8.83 Å². The van der Waals surface area contributed by atoms with Gasteiger partial charge in [0.05, 0.1) is 22.5 Å². The van der Waals surface area contributed by atoms with Crippen molar-refractivity contribution in [3.8, 4) is 11.1 Å². The zero-order valence-electron chi connectivity index (χ0n) is 44.1. The summed E-state index contributed by atoms with van der Waals surface area (Å²) < 4.78 is 14.6. The van der Waals surface area contributed by atoms with Gasteiger partial charge >= 0.3 is 0 Å². The second-order valence-corrected chi connectivity index (χ2v) is 22.3. The molecule has 0 bridgehead atoms. The zero-order valence-corrected chi connectivity index (χ0v) is 44.1. The molecule has 0 atom stereocenters. The van der Waals surface area contributed by atoms with E-state index >= 15 is 0 Å². The third-order valence-corrected chi connectivity index (χ3v) is 18.2. The number of furan rings is 2. The Morgan fingerprint density at radius 1 is 0.316 bits per heavy atom. The molecule has 2 heterocycles. The summed E-state index contributed by atoms with van der Waals surface area (Å²) in [7, 11) is 0. The lowest BCUT2D eigenvalue weighted by molar-refractivity contribution is 0.643. The number of benzene rings is 11. The Kier molecular flexibility index (Phi) is 10.8. The van der Waals surface area contributed by atoms with Gasteiger partial charge in [-0.3, -0.25) is 0 Å². The topological polar surface area (TPSA) is 32.8 Å². The van der Waals surface area contributed by atoms with Gasteiger partial charge in [-0.05, 0) is 142 Å². The standard InChI is InChI=1S/C75H58N2O2/c1-5-27-51(28-6-1)75(52-29-7-2-8-30-52)65-47-55(76(53-31-9-3-10-32-53)67-43-21-41-62-60-39-19-37-56(49-23-13-14-24-49)71(60)78-73(62)67)45-46-64(65)70-59-36-18-17-35-58(59)69(48-66(70)75)77(54-33-11-4-12-34-54)68-44-22-42-63-61-40-20-38-57(50-25-15-16-26-50)72(61)79-74(63)68/h1-12,17-22,27-50H,13-16,23-26H2. The lowest BCUT2D eigenvalue weighted by atomic mass is 9.67. The molecule has 0 spiro atoms. The van der Waals surface area contributed by atoms with Gasteiger partial charge in [-0.15, -0.1) is 0 Å². The molecule has 13 aromatic rings. The smallest absolute Gasteiger partial charge is 0.159 e. The highest BCUT2D eigenvalue weighted by Gasteiger charge is 2.48. The maximum atomic E-state index is 7.31. The van der Waals surface area contributed by atoms with Gasteiger partial charge in [0.25, 0.3) is 0 Å². The molecule has 4 heteroatoms. The normalized spacial score (nSPS) is 15.2. The first-order valence-electron chi connectivity index (χ1n) is 28.6. The molecule has 4 nitrogen and oxygen atoms in total. The van der Waals surface area contributed by atoms with Crippen LogP contribution in [-0.2, 0) is 5.41 Å². The molecule has 79 heavy (non-hydrogen) atoms. The Balaban J connectivity index is 0.969. The van der Waals surface area contributed by atoms with Crippen molar-refractivity contribution in [2.75, 3.05) is 9.80 Å². The average Bonchev–Trinajstić information content (AvgIpc) is 4.11. The minimum atomic E-state index is -0.754. The van der Waals surface area contributed by atoms with Crippen LogP contribution in [0.2, 0.25) is 0 Å². The average molecular weight is 1020 g/mol. The predicted octanol–water partition coefficient (Wildman–Crippen LogP) is 21.3. The van der Waals surface area contributed by atoms with Crippen LogP contribution in [0.4, 0.5) is 34.1 Å². The van der Waals surface area contributed by atoms with E-state index in [1.165, 1.54) is 112 Å². The number of fused-ring (bicyclic) bond motifs is 11. The van der Waals surface area contributed by atoms with Gasteiger partial charge in [-0.25, -0.2) is 0 Å². The maximum absolute atomic E-state index is 7.31. The van der Waals surface area contributed by atoms with E-state index in [9.17, 15) is 0 Å². The molecule has 2 aromatic heterocycles. The number of hydrogen-bond donors (Lipinski definition) is 0. The number of rotatable bonds is 10. The van der Waals surface area contributed by atoms with Crippen LogP contribution < -0.4 is 9.80 Å².